The van der Waals surface area contributed by atoms with Crippen LogP contribution in [0, 0.1) is 12.3 Å². The number of carboxylic acid groups (broad SMARTS) is 1. The number of nitrogens with one attached hydrogen (secondary N) is 1. The molecule has 0 fully saturated rings. The SMILES string of the molecule is Cc1c(C(=O)NCCC(C)(C)C(=O)O)sc2nc(C(F)(F)F)ccc12. The van der Waals surface area contributed by atoms with E-state index in [1.807, 2.05) is 0 Å². The van der Waals surface area contributed by atoms with Gasteiger partial charge in [-0.15, -0.1) is 11.3 Å². The summed E-state index contributed by atoms with van der Waals surface area (Å²) in [5.74, 6) is -1.42. The third-order valence-corrected chi connectivity index (χ3v) is 5.12. The minimum absolute atomic E-state index is 0.142. The molecule has 1 amide bonds. The smallest absolute Gasteiger partial charge is 0.433 e. The molecule has 2 aromatic rings. The van der Waals surface area contributed by atoms with Gasteiger partial charge in [-0.2, -0.15) is 13.2 Å². The maximum absolute atomic E-state index is 12.7. The summed E-state index contributed by atoms with van der Waals surface area (Å²) in [4.78, 5) is 27.3. The highest BCUT2D eigenvalue weighted by Crippen LogP contribution is 2.34. The second-order valence-electron chi connectivity index (χ2n) is 6.30. The summed E-state index contributed by atoms with van der Waals surface area (Å²) < 4.78 is 38.2. The number of halogens is 3. The molecule has 0 atom stereocenters. The number of aromatic nitrogens is 1. The first-order valence-corrected chi connectivity index (χ1v) is 8.24. The van der Waals surface area contributed by atoms with Crippen molar-refractivity contribution in [1.82, 2.24) is 10.3 Å². The van der Waals surface area contributed by atoms with Crippen LogP contribution in [0.1, 0.15) is 41.2 Å². The number of carbonyl (C=O) groups excluding carboxylic acids is 1. The molecule has 2 heterocycles. The van der Waals surface area contributed by atoms with E-state index in [4.69, 9.17) is 5.11 Å². The van der Waals surface area contributed by atoms with Gasteiger partial charge in [-0.1, -0.05) is 0 Å². The van der Waals surface area contributed by atoms with Crippen molar-refractivity contribution in [3.8, 4) is 0 Å². The molecule has 0 aliphatic carbocycles. The minimum Gasteiger partial charge on any atom is -0.481 e. The predicted octanol–water partition coefficient (Wildman–Crippen LogP) is 3.85. The molecule has 9 heteroatoms. The van der Waals surface area contributed by atoms with Gasteiger partial charge in [0.1, 0.15) is 10.5 Å². The Hall–Kier alpha value is -2.16. The van der Waals surface area contributed by atoms with Gasteiger partial charge in [0.25, 0.3) is 5.91 Å². The van der Waals surface area contributed by atoms with E-state index in [9.17, 15) is 22.8 Å². The number of rotatable bonds is 5. The van der Waals surface area contributed by atoms with Crippen LogP contribution in [0.2, 0.25) is 0 Å². The summed E-state index contributed by atoms with van der Waals surface area (Å²) in [6.45, 7) is 4.89. The molecule has 0 saturated heterocycles. The van der Waals surface area contributed by atoms with E-state index in [1.54, 1.807) is 20.8 Å². The molecule has 0 spiro atoms. The fourth-order valence-electron chi connectivity index (χ4n) is 2.15. The van der Waals surface area contributed by atoms with Crippen LogP contribution in [-0.4, -0.2) is 28.5 Å². The standard InChI is InChI=1S/C16H17F3N2O3S/c1-8-9-4-5-10(16(17,18)19)21-13(9)25-11(8)12(22)20-7-6-15(2,3)14(23)24/h4-5H,6-7H2,1-3H3,(H,20,22)(H,23,24). The summed E-state index contributed by atoms with van der Waals surface area (Å²) >= 11 is 0.887. The lowest BCUT2D eigenvalue weighted by Crippen LogP contribution is -2.31. The van der Waals surface area contributed by atoms with E-state index in [2.05, 4.69) is 10.3 Å². The fourth-order valence-corrected chi connectivity index (χ4v) is 3.25. The van der Waals surface area contributed by atoms with Crippen molar-refractivity contribution in [1.29, 1.82) is 0 Å². The Morgan fingerprint density at radius 1 is 1.28 bits per heavy atom. The zero-order valence-corrected chi connectivity index (χ0v) is 14.6. The van der Waals surface area contributed by atoms with E-state index >= 15 is 0 Å². The monoisotopic (exact) mass is 374 g/mol. The van der Waals surface area contributed by atoms with Crippen molar-refractivity contribution in [3.05, 3.63) is 28.3 Å². The van der Waals surface area contributed by atoms with Crippen LogP contribution in [0.25, 0.3) is 10.2 Å². The molecule has 0 radical (unpaired) electrons. The number of aryl methyl sites for hydroxylation is 1. The molecule has 2 N–H and O–H groups in total. The quantitative estimate of drug-likeness (QED) is 0.833. The molecule has 2 aromatic heterocycles. The van der Waals surface area contributed by atoms with Crippen molar-refractivity contribution in [2.45, 2.75) is 33.4 Å². The highest BCUT2D eigenvalue weighted by Gasteiger charge is 2.33. The molecule has 25 heavy (non-hydrogen) atoms. The molecular weight excluding hydrogens is 357 g/mol. The second kappa shape index (κ2) is 6.62. The zero-order chi connectivity index (χ0) is 19.0. The van der Waals surface area contributed by atoms with Crippen molar-refractivity contribution in [3.63, 3.8) is 0 Å². The third kappa shape index (κ3) is 4.09. The number of fused-ring (bicyclic) bond motifs is 1. The average Bonchev–Trinajstić information content (AvgIpc) is 2.82. The fraction of sp³-hybridized carbons (Fsp3) is 0.438. The first-order valence-electron chi connectivity index (χ1n) is 7.42. The summed E-state index contributed by atoms with van der Waals surface area (Å²) in [6.07, 6.45) is -4.31. The molecular formula is C16H17F3N2O3S. The third-order valence-electron chi connectivity index (χ3n) is 3.91. The van der Waals surface area contributed by atoms with Crippen LogP contribution >= 0.6 is 11.3 Å². The summed E-state index contributed by atoms with van der Waals surface area (Å²) in [7, 11) is 0. The predicted molar refractivity (Wildman–Crippen MR) is 87.7 cm³/mol. The summed E-state index contributed by atoms with van der Waals surface area (Å²) in [5.41, 5.74) is -1.43. The van der Waals surface area contributed by atoms with Gasteiger partial charge in [-0.05, 0) is 44.9 Å². The Bertz CT molecular complexity index is 828. The van der Waals surface area contributed by atoms with Gasteiger partial charge in [-0.25, -0.2) is 4.98 Å². The molecule has 0 aromatic carbocycles. The number of carbonyl (C=O) groups is 2. The van der Waals surface area contributed by atoms with Gasteiger partial charge < -0.3 is 10.4 Å². The molecule has 0 unspecified atom stereocenters. The topological polar surface area (TPSA) is 79.3 Å². The minimum atomic E-state index is -4.54. The lowest BCUT2D eigenvalue weighted by molar-refractivity contribution is -0.147. The Morgan fingerprint density at radius 3 is 2.48 bits per heavy atom. The average molecular weight is 374 g/mol. The van der Waals surface area contributed by atoms with E-state index in [1.165, 1.54) is 6.07 Å². The van der Waals surface area contributed by atoms with Gasteiger partial charge in [0.05, 0.1) is 10.3 Å². The molecule has 0 aliphatic rings. The van der Waals surface area contributed by atoms with Gasteiger partial charge in [0.15, 0.2) is 0 Å². The number of pyridine rings is 1. The highest BCUT2D eigenvalue weighted by atomic mass is 32.1. The van der Waals surface area contributed by atoms with E-state index in [0.29, 0.717) is 10.9 Å². The Kier molecular flexibility index (Phi) is 5.08. The largest absolute Gasteiger partial charge is 0.481 e. The number of nitrogens with zero attached hydrogens (tertiary/aromatic N) is 1. The maximum atomic E-state index is 12.7. The van der Waals surface area contributed by atoms with Crippen LogP contribution < -0.4 is 5.32 Å². The van der Waals surface area contributed by atoms with Crippen molar-refractivity contribution in [2.24, 2.45) is 5.41 Å². The first-order chi connectivity index (χ1) is 11.4. The lowest BCUT2D eigenvalue weighted by Gasteiger charge is -2.18. The van der Waals surface area contributed by atoms with Crippen molar-refractivity contribution in [2.75, 3.05) is 6.54 Å². The Morgan fingerprint density at radius 2 is 1.92 bits per heavy atom. The van der Waals surface area contributed by atoms with E-state index < -0.39 is 29.2 Å². The molecule has 0 aliphatic heterocycles. The number of hydrogen-bond donors (Lipinski definition) is 2. The van der Waals surface area contributed by atoms with Gasteiger partial charge >= 0.3 is 12.1 Å². The van der Waals surface area contributed by atoms with Crippen LogP contribution in [0.4, 0.5) is 13.2 Å². The van der Waals surface area contributed by atoms with E-state index in [0.717, 1.165) is 17.4 Å². The summed E-state index contributed by atoms with van der Waals surface area (Å²) in [5, 5.41) is 12.2. The normalized spacial score (nSPS) is 12.4. The Labute approximate surface area is 145 Å². The first kappa shape index (κ1) is 19.2. The highest BCUT2D eigenvalue weighted by molar-refractivity contribution is 7.20. The molecule has 2 rings (SSSR count). The van der Waals surface area contributed by atoms with Crippen LogP contribution in [0.3, 0.4) is 0 Å². The Balaban J connectivity index is 2.19. The number of aliphatic carboxylic acids is 1. The van der Waals surface area contributed by atoms with Gasteiger partial charge in [0.2, 0.25) is 0 Å². The molecule has 0 saturated carbocycles. The van der Waals surface area contributed by atoms with Gasteiger partial charge in [-0.3, -0.25) is 9.59 Å². The molecule has 136 valence electrons. The molecule has 0 bridgehead atoms. The number of thiophene rings is 1. The van der Waals surface area contributed by atoms with Crippen LogP contribution in [0.15, 0.2) is 12.1 Å². The summed E-state index contributed by atoms with van der Waals surface area (Å²) in [6, 6.07) is 2.19. The van der Waals surface area contributed by atoms with Crippen molar-refractivity contribution >= 4 is 33.4 Å². The number of carboxylic acids is 1. The zero-order valence-electron chi connectivity index (χ0n) is 13.8. The number of amides is 1. The van der Waals surface area contributed by atoms with Crippen LogP contribution in [-0.2, 0) is 11.0 Å². The van der Waals surface area contributed by atoms with Crippen LogP contribution in [0.5, 0.6) is 0 Å². The molecule has 5 nitrogen and oxygen atoms in total. The maximum Gasteiger partial charge on any atom is 0.433 e. The van der Waals surface area contributed by atoms with Gasteiger partial charge in [0, 0.05) is 11.9 Å². The second-order valence-corrected chi connectivity index (χ2v) is 7.30. The lowest BCUT2D eigenvalue weighted by atomic mass is 9.90. The number of alkyl halides is 3. The number of hydrogen-bond acceptors (Lipinski definition) is 4. The van der Waals surface area contributed by atoms with E-state index in [-0.39, 0.29) is 22.7 Å². The van der Waals surface area contributed by atoms with Crippen molar-refractivity contribution < 1.29 is 27.9 Å².